The van der Waals surface area contributed by atoms with Crippen LogP contribution in [0.3, 0.4) is 0 Å². The van der Waals surface area contributed by atoms with Gasteiger partial charge in [0.1, 0.15) is 5.69 Å². The SMILES string of the molecule is CC[C@@H](C)NC(=O)c1cn(Cc2ccccc2)nc1-c1cccs1. The lowest BCUT2D eigenvalue weighted by Crippen LogP contribution is -2.32. The summed E-state index contributed by atoms with van der Waals surface area (Å²) < 4.78 is 1.84. The van der Waals surface area contributed by atoms with Crippen LogP contribution in [0, 0.1) is 0 Å². The molecule has 3 aromatic rings. The first kappa shape index (κ1) is 16.5. The third kappa shape index (κ3) is 3.74. The summed E-state index contributed by atoms with van der Waals surface area (Å²) in [6.45, 7) is 4.72. The maximum Gasteiger partial charge on any atom is 0.255 e. The minimum absolute atomic E-state index is 0.0629. The molecule has 0 radical (unpaired) electrons. The van der Waals surface area contributed by atoms with Crippen LogP contribution in [0.4, 0.5) is 0 Å². The van der Waals surface area contributed by atoms with Crippen LogP contribution in [0.5, 0.6) is 0 Å². The van der Waals surface area contributed by atoms with E-state index < -0.39 is 0 Å². The summed E-state index contributed by atoms with van der Waals surface area (Å²) in [6, 6.07) is 14.3. The van der Waals surface area contributed by atoms with E-state index in [1.54, 1.807) is 11.3 Å². The molecule has 2 heterocycles. The molecular weight excluding hydrogens is 318 g/mol. The Labute approximate surface area is 146 Å². The number of nitrogens with zero attached hydrogens (tertiary/aromatic N) is 2. The van der Waals surface area contributed by atoms with Gasteiger partial charge in [-0.1, -0.05) is 43.3 Å². The van der Waals surface area contributed by atoms with E-state index in [1.807, 2.05) is 53.5 Å². The molecule has 0 saturated carbocycles. The van der Waals surface area contributed by atoms with Gasteiger partial charge in [0.05, 0.1) is 17.0 Å². The Morgan fingerprint density at radius 2 is 2.04 bits per heavy atom. The Bertz CT molecular complexity index is 793. The Kier molecular flexibility index (Phi) is 5.11. The van der Waals surface area contributed by atoms with E-state index in [0.29, 0.717) is 12.1 Å². The van der Waals surface area contributed by atoms with Gasteiger partial charge in [-0.15, -0.1) is 11.3 Å². The zero-order valence-electron chi connectivity index (χ0n) is 13.9. The van der Waals surface area contributed by atoms with Gasteiger partial charge in [0.2, 0.25) is 0 Å². The van der Waals surface area contributed by atoms with Crippen LogP contribution in [-0.2, 0) is 6.54 Å². The van der Waals surface area contributed by atoms with Crippen molar-refractivity contribution < 1.29 is 4.79 Å². The first-order chi connectivity index (χ1) is 11.7. The highest BCUT2D eigenvalue weighted by Crippen LogP contribution is 2.27. The summed E-state index contributed by atoms with van der Waals surface area (Å²) in [4.78, 5) is 13.6. The van der Waals surface area contributed by atoms with Crippen molar-refractivity contribution >= 4 is 17.2 Å². The van der Waals surface area contributed by atoms with Crippen molar-refractivity contribution in [1.82, 2.24) is 15.1 Å². The number of thiophene rings is 1. The summed E-state index contributed by atoms with van der Waals surface area (Å²) in [6.07, 6.45) is 2.75. The largest absolute Gasteiger partial charge is 0.349 e. The molecule has 1 amide bonds. The standard InChI is InChI=1S/C19H21N3OS/c1-3-14(2)20-19(23)16-13-22(12-15-8-5-4-6-9-15)21-18(16)17-10-7-11-24-17/h4-11,13-14H,3,12H2,1-2H3,(H,20,23)/t14-/m1/s1. The van der Waals surface area contributed by atoms with Crippen molar-refractivity contribution in [2.45, 2.75) is 32.9 Å². The molecule has 124 valence electrons. The van der Waals surface area contributed by atoms with Crippen LogP contribution >= 0.6 is 11.3 Å². The quantitative estimate of drug-likeness (QED) is 0.732. The second-order valence-corrected chi connectivity index (χ2v) is 6.78. The molecular formula is C19H21N3OS. The third-order valence-corrected chi connectivity index (χ3v) is 4.81. The van der Waals surface area contributed by atoms with Crippen molar-refractivity contribution in [2.75, 3.05) is 0 Å². The lowest BCUT2D eigenvalue weighted by atomic mass is 10.2. The van der Waals surface area contributed by atoms with Crippen LogP contribution < -0.4 is 5.32 Å². The number of benzene rings is 1. The molecule has 0 aliphatic carbocycles. The fraction of sp³-hybridized carbons (Fsp3) is 0.263. The van der Waals surface area contributed by atoms with Gasteiger partial charge in [-0.2, -0.15) is 5.10 Å². The molecule has 1 N–H and O–H groups in total. The fourth-order valence-corrected chi connectivity index (χ4v) is 3.16. The Morgan fingerprint density at radius 3 is 2.71 bits per heavy atom. The molecule has 3 rings (SSSR count). The number of carbonyl (C=O) groups is 1. The molecule has 4 nitrogen and oxygen atoms in total. The molecule has 0 spiro atoms. The van der Waals surface area contributed by atoms with Crippen molar-refractivity contribution in [3.05, 3.63) is 65.2 Å². The number of rotatable bonds is 6. The van der Waals surface area contributed by atoms with E-state index in [9.17, 15) is 4.79 Å². The number of nitrogens with one attached hydrogen (secondary N) is 1. The van der Waals surface area contributed by atoms with E-state index >= 15 is 0 Å². The summed E-state index contributed by atoms with van der Waals surface area (Å²) in [5.41, 5.74) is 2.54. The molecule has 0 unspecified atom stereocenters. The van der Waals surface area contributed by atoms with Gasteiger partial charge in [-0.25, -0.2) is 0 Å². The lowest BCUT2D eigenvalue weighted by molar-refractivity contribution is 0.0940. The van der Waals surface area contributed by atoms with Gasteiger partial charge in [-0.05, 0) is 30.4 Å². The van der Waals surface area contributed by atoms with E-state index in [-0.39, 0.29) is 11.9 Å². The first-order valence-electron chi connectivity index (χ1n) is 8.13. The van der Waals surface area contributed by atoms with Crippen LogP contribution in [0.15, 0.2) is 54.0 Å². The second kappa shape index (κ2) is 7.45. The summed E-state index contributed by atoms with van der Waals surface area (Å²) in [7, 11) is 0. The summed E-state index contributed by atoms with van der Waals surface area (Å²) in [5.74, 6) is -0.0629. The summed E-state index contributed by atoms with van der Waals surface area (Å²) in [5, 5.41) is 9.71. The number of aromatic nitrogens is 2. The number of hydrogen-bond donors (Lipinski definition) is 1. The minimum atomic E-state index is -0.0629. The molecule has 0 saturated heterocycles. The Hall–Kier alpha value is -2.40. The topological polar surface area (TPSA) is 46.9 Å². The number of carbonyl (C=O) groups excluding carboxylic acids is 1. The van der Waals surface area contributed by atoms with Gasteiger partial charge in [0.25, 0.3) is 5.91 Å². The average Bonchev–Trinajstić information content (AvgIpc) is 3.24. The van der Waals surface area contributed by atoms with Crippen LogP contribution in [0.2, 0.25) is 0 Å². The maximum absolute atomic E-state index is 12.6. The van der Waals surface area contributed by atoms with Crippen LogP contribution in [0.25, 0.3) is 10.6 Å². The normalized spacial score (nSPS) is 12.1. The molecule has 24 heavy (non-hydrogen) atoms. The first-order valence-corrected chi connectivity index (χ1v) is 9.01. The van der Waals surface area contributed by atoms with Gasteiger partial charge >= 0.3 is 0 Å². The zero-order valence-corrected chi connectivity index (χ0v) is 14.7. The van der Waals surface area contributed by atoms with Crippen LogP contribution in [0.1, 0.15) is 36.2 Å². The van der Waals surface area contributed by atoms with E-state index in [4.69, 9.17) is 0 Å². The lowest BCUT2D eigenvalue weighted by Gasteiger charge is -2.10. The van der Waals surface area contributed by atoms with E-state index in [0.717, 1.165) is 22.6 Å². The van der Waals surface area contributed by atoms with Gasteiger partial charge in [0, 0.05) is 12.2 Å². The van der Waals surface area contributed by atoms with E-state index in [2.05, 4.69) is 29.5 Å². The minimum Gasteiger partial charge on any atom is -0.349 e. The maximum atomic E-state index is 12.6. The predicted molar refractivity (Wildman–Crippen MR) is 98.3 cm³/mol. The fourth-order valence-electron chi connectivity index (χ4n) is 2.44. The van der Waals surface area contributed by atoms with Crippen molar-refractivity contribution in [1.29, 1.82) is 0 Å². The van der Waals surface area contributed by atoms with Gasteiger partial charge in [-0.3, -0.25) is 9.48 Å². The molecule has 1 aromatic carbocycles. The Balaban J connectivity index is 1.92. The molecule has 0 aliphatic rings. The molecule has 0 aliphatic heterocycles. The number of hydrogen-bond acceptors (Lipinski definition) is 3. The Morgan fingerprint density at radius 1 is 1.25 bits per heavy atom. The number of amides is 1. The van der Waals surface area contributed by atoms with Gasteiger partial charge in [0.15, 0.2) is 0 Å². The molecule has 0 fully saturated rings. The highest BCUT2D eigenvalue weighted by Gasteiger charge is 2.19. The molecule has 2 aromatic heterocycles. The highest BCUT2D eigenvalue weighted by molar-refractivity contribution is 7.13. The van der Waals surface area contributed by atoms with Gasteiger partial charge < -0.3 is 5.32 Å². The average molecular weight is 339 g/mol. The van der Waals surface area contributed by atoms with Crippen molar-refractivity contribution in [3.8, 4) is 10.6 Å². The van der Waals surface area contributed by atoms with E-state index in [1.165, 1.54) is 0 Å². The second-order valence-electron chi connectivity index (χ2n) is 5.83. The zero-order chi connectivity index (χ0) is 16.9. The third-order valence-electron chi connectivity index (χ3n) is 3.94. The molecule has 1 atom stereocenters. The van der Waals surface area contributed by atoms with Crippen molar-refractivity contribution in [3.63, 3.8) is 0 Å². The smallest absolute Gasteiger partial charge is 0.255 e. The summed E-state index contributed by atoms with van der Waals surface area (Å²) >= 11 is 1.60. The predicted octanol–water partition coefficient (Wildman–Crippen LogP) is 4.19. The molecule has 0 bridgehead atoms. The highest BCUT2D eigenvalue weighted by atomic mass is 32.1. The molecule has 5 heteroatoms. The monoisotopic (exact) mass is 339 g/mol. The van der Waals surface area contributed by atoms with Crippen molar-refractivity contribution in [2.24, 2.45) is 0 Å². The van der Waals surface area contributed by atoms with Crippen LogP contribution in [-0.4, -0.2) is 21.7 Å².